The number of hydrogen-bond donors (Lipinski definition) is 1. The second kappa shape index (κ2) is 11.5. The molecule has 0 saturated heterocycles. The predicted molar refractivity (Wildman–Crippen MR) is 154 cm³/mol. The number of ether oxygens (including phenoxy) is 3. The molecule has 0 fully saturated rings. The second-order valence-electron chi connectivity index (χ2n) is 10.9. The van der Waals surface area contributed by atoms with Gasteiger partial charge < -0.3 is 18.8 Å². The molecule has 3 aromatic heterocycles. The largest absolute Gasteiger partial charge is 0.465 e. The number of benzene rings is 2. The number of tetrazole rings is 1. The average molecular weight is 572 g/mol. The van der Waals surface area contributed by atoms with E-state index < -0.39 is 23.6 Å². The van der Waals surface area contributed by atoms with E-state index in [9.17, 15) is 9.59 Å². The van der Waals surface area contributed by atoms with Crippen LogP contribution in [0.2, 0.25) is 0 Å². The molecule has 3 heterocycles. The highest BCUT2D eigenvalue weighted by Crippen LogP contribution is 2.28. The number of nitrogens with zero attached hydrogens (tertiary/aromatic N) is 6. The lowest BCUT2D eigenvalue weighted by atomic mass is 9.97. The fourth-order valence-corrected chi connectivity index (χ4v) is 4.48. The predicted octanol–water partition coefficient (Wildman–Crippen LogP) is 4.85. The van der Waals surface area contributed by atoms with E-state index in [0.717, 1.165) is 22.5 Å². The number of nitrogens with one attached hydrogen (secondary N) is 1. The standard InChI is InChI=1S/C30H33N7O5/c1-7-40-29-31-23-10-8-9-22(27(38)41-19(3)42-28(39)30(4,5)6)25(23)37(29)17-20-11-13-21(14-12-20)36-16-18(2)15-24(36)26-32-34-35-33-26/h8-16,19H,7,17H2,1-6H3,(H,32,33,34,35). The summed E-state index contributed by atoms with van der Waals surface area (Å²) in [5.41, 5.74) is 4.46. The van der Waals surface area contributed by atoms with E-state index in [0.29, 0.717) is 36.0 Å². The summed E-state index contributed by atoms with van der Waals surface area (Å²) in [4.78, 5) is 30.2. The highest BCUT2D eigenvalue weighted by atomic mass is 16.7. The van der Waals surface area contributed by atoms with Gasteiger partial charge in [-0.3, -0.25) is 9.36 Å². The molecule has 0 bridgehead atoms. The lowest BCUT2D eigenvalue weighted by molar-refractivity contribution is -0.174. The van der Waals surface area contributed by atoms with Crippen molar-refractivity contribution in [3.63, 3.8) is 0 Å². The van der Waals surface area contributed by atoms with Crippen LogP contribution in [-0.4, -0.2) is 59.6 Å². The van der Waals surface area contributed by atoms with Gasteiger partial charge in [0.2, 0.25) is 12.1 Å². The molecule has 42 heavy (non-hydrogen) atoms. The smallest absolute Gasteiger partial charge is 0.343 e. The number of rotatable bonds is 9. The van der Waals surface area contributed by atoms with Crippen LogP contribution in [0.3, 0.4) is 0 Å². The average Bonchev–Trinajstić information content (AvgIpc) is 3.68. The number of aromatic nitrogens is 7. The molecule has 12 heteroatoms. The van der Waals surface area contributed by atoms with Gasteiger partial charge in [0.25, 0.3) is 6.01 Å². The van der Waals surface area contributed by atoms with E-state index in [2.05, 4.69) is 25.6 Å². The minimum Gasteiger partial charge on any atom is -0.465 e. The van der Waals surface area contributed by atoms with Gasteiger partial charge in [-0.2, -0.15) is 10.2 Å². The number of fused-ring (bicyclic) bond motifs is 1. The molecule has 0 radical (unpaired) electrons. The number of imidazole rings is 1. The summed E-state index contributed by atoms with van der Waals surface area (Å²) in [5.74, 6) is -0.598. The van der Waals surface area contributed by atoms with Gasteiger partial charge in [-0.1, -0.05) is 18.2 Å². The van der Waals surface area contributed by atoms with Crippen LogP contribution in [0, 0.1) is 12.3 Å². The number of hydrogen-bond acceptors (Lipinski definition) is 9. The Labute approximate surface area is 242 Å². The van der Waals surface area contributed by atoms with Crippen LogP contribution in [0.15, 0.2) is 54.7 Å². The van der Waals surface area contributed by atoms with Crippen molar-refractivity contribution >= 4 is 23.0 Å². The van der Waals surface area contributed by atoms with Crippen molar-refractivity contribution in [2.75, 3.05) is 6.61 Å². The summed E-state index contributed by atoms with van der Waals surface area (Å²) in [5, 5.41) is 14.4. The Morgan fingerprint density at radius 1 is 1.07 bits per heavy atom. The van der Waals surface area contributed by atoms with Gasteiger partial charge in [-0.25, -0.2) is 4.79 Å². The van der Waals surface area contributed by atoms with Crippen LogP contribution in [0.5, 0.6) is 6.01 Å². The van der Waals surface area contributed by atoms with Crippen molar-refractivity contribution in [2.45, 2.75) is 54.4 Å². The molecule has 0 aliphatic carbocycles. The molecule has 0 saturated carbocycles. The molecular weight excluding hydrogens is 538 g/mol. The first kappa shape index (κ1) is 28.5. The molecule has 0 aliphatic rings. The van der Waals surface area contributed by atoms with Crippen LogP contribution < -0.4 is 4.74 Å². The SMILES string of the molecule is CCOc1nc2cccc(C(=O)OC(C)OC(=O)C(C)(C)C)c2n1Cc1ccc(-n2cc(C)cc2-c2nn[nH]n2)cc1. The van der Waals surface area contributed by atoms with E-state index in [1.807, 2.05) is 65.6 Å². The Morgan fingerprint density at radius 2 is 1.83 bits per heavy atom. The summed E-state index contributed by atoms with van der Waals surface area (Å²) >= 11 is 0. The van der Waals surface area contributed by atoms with Crippen molar-refractivity contribution in [3.05, 3.63) is 71.4 Å². The first-order valence-electron chi connectivity index (χ1n) is 13.6. The van der Waals surface area contributed by atoms with E-state index in [-0.39, 0.29) is 5.56 Å². The van der Waals surface area contributed by atoms with Gasteiger partial charge in [0.1, 0.15) is 0 Å². The van der Waals surface area contributed by atoms with Crippen molar-refractivity contribution < 1.29 is 23.8 Å². The van der Waals surface area contributed by atoms with Gasteiger partial charge in [-0.15, -0.1) is 10.2 Å². The first-order chi connectivity index (χ1) is 20.0. The van der Waals surface area contributed by atoms with E-state index in [1.54, 1.807) is 32.9 Å². The van der Waals surface area contributed by atoms with Gasteiger partial charge in [0, 0.05) is 18.8 Å². The molecule has 0 amide bonds. The Morgan fingerprint density at radius 3 is 2.50 bits per heavy atom. The lowest BCUT2D eigenvalue weighted by Crippen LogP contribution is -2.29. The van der Waals surface area contributed by atoms with Crippen LogP contribution in [0.25, 0.3) is 28.2 Å². The monoisotopic (exact) mass is 571 g/mol. The van der Waals surface area contributed by atoms with Crippen molar-refractivity contribution in [3.8, 4) is 23.2 Å². The third kappa shape index (κ3) is 5.87. The zero-order chi connectivity index (χ0) is 30.0. The summed E-state index contributed by atoms with van der Waals surface area (Å²) in [6.45, 7) is 11.4. The van der Waals surface area contributed by atoms with Crippen molar-refractivity contribution in [2.24, 2.45) is 5.41 Å². The Bertz CT molecular complexity index is 1710. The number of para-hydroxylation sites is 1. The van der Waals surface area contributed by atoms with Gasteiger partial charge in [-0.05, 0) is 81.3 Å². The minimum atomic E-state index is -1.07. The maximum absolute atomic E-state index is 13.3. The van der Waals surface area contributed by atoms with E-state index in [1.165, 1.54) is 6.92 Å². The first-order valence-corrected chi connectivity index (χ1v) is 13.6. The summed E-state index contributed by atoms with van der Waals surface area (Å²) in [7, 11) is 0. The molecule has 0 spiro atoms. The number of H-pyrrole nitrogens is 1. The fourth-order valence-electron chi connectivity index (χ4n) is 4.48. The molecule has 0 aliphatic heterocycles. The third-order valence-electron chi connectivity index (χ3n) is 6.47. The Hall–Kier alpha value is -5.00. The van der Waals surface area contributed by atoms with E-state index >= 15 is 0 Å². The third-order valence-corrected chi connectivity index (χ3v) is 6.47. The van der Waals surface area contributed by atoms with Crippen LogP contribution in [0.1, 0.15) is 56.1 Å². The lowest BCUT2D eigenvalue weighted by Gasteiger charge is -2.21. The van der Waals surface area contributed by atoms with Gasteiger partial charge in [0.05, 0.1) is 40.9 Å². The summed E-state index contributed by atoms with van der Waals surface area (Å²) in [6.07, 6.45) is 0.944. The number of esters is 2. The Kier molecular flexibility index (Phi) is 7.79. The number of carbonyl (C=O) groups is 2. The molecule has 1 atom stereocenters. The van der Waals surface area contributed by atoms with Crippen LogP contribution >= 0.6 is 0 Å². The molecular formula is C30H33N7O5. The molecule has 2 aromatic carbocycles. The maximum Gasteiger partial charge on any atom is 0.343 e. The molecule has 12 nitrogen and oxygen atoms in total. The fraction of sp³-hybridized carbons (Fsp3) is 0.333. The normalized spacial score (nSPS) is 12.3. The molecule has 5 rings (SSSR count). The van der Waals surface area contributed by atoms with Crippen molar-refractivity contribution in [1.29, 1.82) is 0 Å². The molecule has 1 unspecified atom stereocenters. The highest BCUT2D eigenvalue weighted by Gasteiger charge is 2.27. The number of aryl methyl sites for hydroxylation is 1. The van der Waals surface area contributed by atoms with Crippen molar-refractivity contribution in [1.82, 2.24) is 34.7 Å². The van der Waals surface area contributed by atoms with Crippen LogP contribution in [0.4, 0.5) is 0 Å². The van der Waals surface area contributed by atoms with Gasteiger partial charge >= 0.3 is 11.9 Å². The quantitative estimate of drug-likeness (QED) is 0.194. The highest BCUT2D eigenvalue weighted by molar-refractivity contribution is 6.02. The number of aromatic amines is 1. The Balaban J connectivity index is 1.44. The maximum atomic E-state index is 13.3. The zero-order valence-electron chi connectivity index (χ0n) is 24.4. The molecule has 1 N–H and O–H groups in total. The minimum absolute atomic E-state index is 0.286. The second-order valence-corrected chi connectivity index (χ2v) is 10.9. The van der Waals surface area contributed by atoms with Gasteiger partial charge in [0.15, 0.2) is 0 Å². The van der Waals surface area contributed by atoms with E-state index in [4.69, 9.17) is 14.2 Å². The topological polar surface area (TPSA) is 139 Å². The van der Waals surface area contributed by atoms with Crippen LogP contribution in [-0.2, 0) is 20.8 Å². The zero-order valence-corrected chi connectivity index (χ0v) is 24.4. The molecule has 5 aromatic rings. The number of carbonyl (C=O) groups excluding carboxylic acids is 2. The molecule has 218 valence electrons. The summed E-state index contributed by atoms with van der Waals surface area (Å²) in [6, 6.07) is 15.6. The summed E-state index contributed by atoms with van der Waals surface area (Å²) < 4.78 is 20.5.